The van der Waals surface area contributed by atoms with Crippen LogP contribution in [0.4, 0.5) is 0 Å². The van der Waals surface area contributed by atoms with Gasteiger partial charge in [-0.2, -0.15) is 8.42 Å². The van der Waals surface area contributed by atoms with Crippen molar-refractivity contribution in [2.45, 2.75) is 128 Å². The molecule has 2 heterocycles. The van der Waals surface area contributed by atoms with Gasteiger partial charge in [-0.1, -0.05) is 44.9 Å². The van der Waals surface area contributed by atoms with Gasteiger partial charge in [-0.25, -0.2) is 0 Å². The molecular weight excluding hydrogens is 637 g/mol. The number of para-hydroxylation sites is 1. The van der Waals surface area contributed by atoms with Crippen LogP contribution in [0.3, 0.4) is 0 Å². The van der Waals surface area contributed by atoms with Gasteiger partial charge in [-0.15, -0.1) is 5.92 Å². The van der Waals surface area contributed by atoms with Crippen molar-refractivity contribution in [2.24, 2.45) is 11.8 Å². The molecule has 6 atom stereocenters. The fraction of sp³-hybridized carbons (Fsp3) is 0.722. The molecule has 3 aliphatic rings. The van der Waals surface area contributed by atoms with Gasteiger partial charge in [0.25, 0.3) is 10.1 Å². The summed E-state index contributed by atoms with van der Waals surface area (Å²) < 4.78 is 70.7. The van der Waals surface area contributed by atoms with Crippen LogP contribution in [-0.2, 0) is 33.5 Å². The Morgan fingerprint density at radius 1 is 1.00 bits per heavy atom. The van der Waals surface area contributed by atoms with Gasteiger partial charge < -0.3 is 28.1 Å². The summed E-state index contributed by atoms with van der Waals surface area (Å²) in [6.45, 7) is 13.1. The lowest BCUT2D eigenvalue weighted by Gasteiger charge is -2.40. The van der Waals surface area contributed by atoms with Crippen LogP contribution in [0.2, 0.25) is 18.1 Å². The molecule has 2 saturated heterocycles. The summed E-state index contributed by atoms with van der Waals surface area (Å²) in [4.78, 5) is 0. The van der Waals surface area contributed by atoms with Crippen molar-refractivity contribution < 1.29 is 41.1 Å². The summed E-state index contributed by atoms with van der Waals surface area (Å²) in [7, 11) is -6.34. The second kappa shape index (κ2) is 17.7. The highest BCUT2D eigenvalue weighted by Gasteiger charge is 2.51. The highest BCUT2D eigenvalue weighted by Crippen LogP contribution is 2.48. The second-order valence-corrected chi connectivity index (χ2v) is 20.6. The summed E-state index contributed by atoms with van der Waals surface area (Å²) in [5.41, 5.74) is 0. The molecule has 11 heteroatoms. The van der Waals surface area contributed by atoms with Gasteiger partial charge >= 0.3 is 0 Å². The van der Waals surface area contributed by atoms with Crippen LogP contribution in [0.1, 0.15) is 85.0 Å². The van der Waals surface area contributed by atoms with Crippen molar-refractivity contribution in [2.75, 3.05) is 25.6 Å². The molecule has 2 unspecified atom stereocenters. The van der Waals surface area contributed by atoms with Crippen LogP contribution < -0.4 is 4.74 Å². The van der Waals surface area contributed by atoms with E-state index in [2.05, 4.69) is 51.8 Å². The van der Waals surface area contributed by atoms with Crippen molar-refractivity contribution >= 4 is 18.4 Å². The van der Waals surface area contributed by atoms with Gasteiger partial charge in [0.05, 0.1) is 25.4 Å². The smallest absolute Gasteiger partial charge is 0.276 e. The third-order valence-electron chi connectivity index (χ3n) is 9.71. The average Bonchev–Trinajstić information content (AvgIpc) is 3.34. The zero-order chi connectivity index (χ0) is 33.9. The summed E-state index contributed by atoms with van der Waals surface area (Å²) in [6.07, 6.45) is 9.42. The number of hydrogen-bond donors (Lipinski definition) is 1. The maximum Gasteiger partial charge on any atom is 0.276 e. The molecule has 0 bridgehead atoms. The molecule has 47 heavy (non-hydrogen) atoms. The zero-order valence-electron chi connectivity index (χ0n) is 28.9. The summed E-state index contributed by atoms with van der Waals surface area (Å²) >= 11 is 0. The fourth-order valence-corrected chi connectivity index (χ4v) is 7.91. The Morgan fingerprint density at radius 3 is 2.30 bits per heavy atom. The summed E-state index contributed by atoms with van der Waals surface area (Å²) in [5, 5.41) is 0.00759. The first-order valence-corrected chi connectivity index (χ1v) is 21.9. The van der Waals surface area contributed by atoms with Gasteiger partial charge in [0, 0.05) is 31.8 Å². The molecule has 0 aromatic heterocycles. The number of rotatable bonds is 14. The Morgan fingerprint density at radius 2 is 1.68 bits per heavy atom. The minimum absolute atomic E-state index is 0.00759. The molecule has 0 spiro atoms. The van der Waals surface area contributed by atoms with Crippen molar-refractivity contribution in [1.82, 2.24) is 0 Å². The summed E-state index contributed by atoms with van der Waals surface area (Å²) in [5.74, 6) is 6.52. The lowest BCUT2D eigenvalue weighted by molar-refractivity contribution is -0.201. The highest BCUT2D eigenvalue weighted by atomic mass is 32.2. The van der Waals surface area contributed by atoms with Crippen LogP contribution in [0.15, 0.2) is 42.2 Å². The highest BCUT2D eigenvalue weighted by molar-refractivity contribution is 7.86. The largest absolute Gasteiger partial charge is 0.493 e. The van der Waals surface area contributed by atoms with E-state index in [0.717, 1.165) is 50.0 Å². The van der Waals surface area contributed by atoms with Crippen LogP contribution in [0.25, 0.3) is 0 Å². The lowest BCUT2D eigenvalue weighted by atomic mass is 9.87. The standard InChI is InChI=1S/C36H56O9SSi/c1-36(2,3)47(4,5)45-31-27-32(44-34-22-12-14-24-42-34)35(29(31)19-10-7-15-26-46(37,38)39)30(43-33-21-11-13-23-41-33)20-16-25-40-28-17-8-6-9-18-28/h6,8-9,17-18,20,29,31-35H,10-14,16,19,21-27H2,1-5H3,(H,37,38,39)/b30-20+/t29-,31-,32+,33?,34?,35-/m1/s1. The van der Waals surface area contributed by atoms with E-state index in [1.54, 1.807) is 0 Å². The molecule has 4 rings (SSSR count). The monoisotopic (exact) mass is 692 g/mol. The predicted molar refractivity (Wildman–Crippen MR) is 185 cm³/mol. The average molecular weight is 693 g/mol. The minimum Gasteiger partial charge on any atom is -0.493 e. The molecule has 1 aromatic carbocycles. The van der Waals surface area contributed by atoms with E-state index in [4.69, 9.17) is 28.1 Å². The van der Waals surface area contributed by atoms with Crippen molar-refractivity contribution in [3.05, 3.63) is 42.2 Å². The molecule has 2 aliphatic heterocycles. The number of benzene rings is 1. The van der Waals surface area contributed by atoms with Gasteiger partial charge in [0.2, 0.25) is 0 Å². The number of hydrogen-bond acceptors (Lipinski definition) is 8. The Hall–Kier alpha value is -1.91. The molecule has 1 aromatic rings. The normalized spacial score (nSPS) is 27.6. The molecule has 9 nitrogen and oxygen atoms in total. The van der Waals surface area contributed by atoms with Gasteiger partial charge in [-0.05, 0) is 87.2 Å². The van der Waals surface area contributed by atoms with E-state index in [-0.39, 0.29) is 41.7 Å². The van der Waals surface area contributed by atoms with Crippen LogP contribution in [-0.4, -0.2) is 71.6 Å². The minimum atomic E-state index is -4.16. The van der Waals surface area contributed by atoms with Crippen LogP contribution in [0, 0.1) is 23.7 Å². The maximum atomic E-state index is 11.3. The molecule has 0 radical (unpaired) electrons. The van der Waals surface area contributed by atoms with E-state index in [0.29, 0.717) is 45.5 Å². The first-order valence-electron chi connectivity index (χ1n) is 17.3. The maximum absolute atomic E-state index is 11.3. The van der Waals surface area contributed by atoms with E-state index >= 15 is 0 Å². The summed E-state index contributed by atoms with van der Waals surface area (Å²) in [6, 6.07) is 9.78. The van der Waals surface area contributed by atoms with E-state index in [1.807, 2.05) is 30.3 Å². The van der Waals surface area contributed by atoms with Gasteiger partial charge in [0.15, 0.2) is 20.9 Å². The predicted octanol–water partition coefficient (Wildman–Crippen LogP) is 7.49. The Balaban J connectivity index is 1.67. The molecule has 3 fully saturated rings. The third-order valence-corrected chi connectivity index (χ3v) is 14.7. The quantitative estimate of drug-likeness (QED) is 0.0697. The SMILES string of the molecule is CC(C)(C)[Si](C)(C)O[C@@H]1C[C@H](OC2CCCCO2)[C@@H](/C(=C\CCOc2ccccc2)OC2CCCCO2)[C@@H]1CCC#CCS(=O)(=O)O. The van der Waals surface area contributed by atoms with E-state index < -0.39 is 24.2 Å². The lowest BCUT2D eigenvalue weighted by Crippen LogP contribution is -2.45. The molecule has 264 valence electrons. The van der Waals surface area contributed by atoms with Crippen molar-refractivity contribution in [1.29, 1.82) is 0 Å². The molecule has 1 saturated carbocycles. The first-order chi connectivity index (χ1) is 22.3. The Kier molecular flexibility index (Phi) is 14.2. The van der Waals surface area contributed by atoms with Crippen molar-refractivity contribution in [3.8, 4) is 17.6 Å². The Bertz CT molecular complexity index is 1290. The van der Waals surface area contributed by atoms with E-state index in [1.165, 1.54) is 0 Å². The van der Waals surface area contributed by atoms with Gasteiger partial charge in [0.1, 0.15) is 17.3 Å². The number of ether oxygens (including phenoxy) is 5. The Labute approximate surface area is 283 Å². The molecule has 1 aliphatic carbocycles. The third kappa shape index (κ3) is 12.2. The first kappa shape index (κ1) is 37.9. The van der Waals surface area contributed by atoms with Gasteiger partial charge in [-0.3, -0.25) is 4.55 Å². The molecular formula is C36H56O9SSi. The molecule has 1 N–H and O–H groups in total. The topological polar surface area (TPSA) is 110 Å². The van der Waals surface area contributed by atoms with E-state index in [9.17, 15) is 13.0 Å². The van der Waals surface area contributed by atoms with Crippen LogP contribution >= 0.6 is 0 Å². The molecule has 0 amide bonds. The zero-order valence-corrected chi connectivity index (χ0v) is 30.8. The fourth-order valence-electron chi connectivity index (χ4n) is 6.24. The van der Waals surface area contributed by atoms with Crippen molar-refractivity contribution in [3.63, 3.8) is 0 Å². The van der Waals surface area contributed by atoms with Crippen LogP contribution in [0.5, 0.6) is 5.75 Å². The second-order valence-electron chi connectivity index (χ2n) is 14.4.